The summed E-state index contributed by atoms with van der Waals surface area (Å²) >= 11 is 1.44. The molecule has 0 unspecified atom stereocenters. The van der Waals surface area contributed by atoms with Crippen LogP contribution in [-0.4, -0.2) is 22.6 Å². The van der Waals surface area contributed by atoms with E-state index in [0.29, 0.717) is 11.4 Å². The van der Waals surface area contributed by atoms with Gasteiger partial charge in [-0.2, -0.15) is 0 Å². The average molecular weight is 394 g/mol. The van der Waals surface area contributed by atoms with Crippen molar-refractivity contribution in [3.63, 3.8) is 0 Å². The van der Waals surface area contributed by atoms with E-state index in [4.69, 9.17) is 4.98 Å². The Bertz CT molecular complexity index is 1030. The number of aromatic nitrogens is 1. The zero-order valence-electron chi connectivity index (χ0n) is 16.2. The lowest BCUT2D eigenvalue weighted by Gasteiger charge is -2.10. The topological polar surface area (TPSA) is 71.1 Å². The van der Waals surface area contributed by atoms with Gasteiger partial charge in [-0.1, -0.05) is 36.9 Å². The van der Waals surface area contributed by atoms with Gasteiger partial charge in [0, 0.05) is 23.7 Å². The zero-order valence-corrected chi connectivity index (χ0v) is 17.0. The highest BCUT2D eigenvalue weighted by molar-refractivity contribution is 8.00. The second kappa shape index (κ2) is 8.89. The van der Waals surface area contributed by atoms with Crippen molar-refractivity contribution < 1.29 is 9.59 Å². The quantitative estimate of drug-likeness (QED) is 0.591. The van der Waals surface area contributed by atoms with Crippen LogP contribution in [-0.2, 0) is 16.0 Å². The summed E-state index contributed by atoms with van der Waals surface area (Å²) in [5.41, 5.74) is 4.55. The van der Waals surface area contributed by atoms with Crippen molar-refractivity contribution in [2.45, 2.75) is 32.2 Å². The SMILES string of the molecule is CCc1cc2ccc(C)cc2nc1SCC(=O)Nc1cccc(NC(C)=O)c1. The fourth-order valence-electron chi connectivity index (χ4n) is 2.89. The minimum atomic E-state index is -0.149. The van der Waals surface area contributed by atoms with Crippen LogP contribution in [0.1, 0.15) is 25.0 Å². The van der Waals surface area contributed by atoms with Crippen molar-refractivity contribution in [2.24, 2.45) is 0 Å². The molecule has 0 aliphatic carbocycles. The third-order valence-corrected chi connectivity index (χ3v) is 5.23. The molecule has 2 amide bonds. The Morgan fingerprint density at radius 3 is 2.50 bits per heavy atom. The number of hydrogen-bond acceptors (Lipinski definition) is 4. The maximum Gasteiger partial charge on any atom is 0.234 e. The van der Waals surface area contributed by atoms with Crippen molar-refractivity contribution in [1.29, 1.82) is 0 Å². The molecule has 28 heavy (non-hydrogen) atoms. The number of carbonyl (C=O) groups is 2. The number of fused-ring (bicyclic) bond motifs is 1. The minimum Gasteiger partial charge on any atom is -0.326 e. The summed E-state index contributed by atoms with van der Waals surface area (Å²) in [7, 11) is 0. The molecule has 144 valence electrons. The van der Waals surface area contributed by atoms with Crippen LogP contribution in [0.2, 0.25) is 0 Å². The molecule has 3 aromatic rings. The highest BCUT2D eigenvalue weighted by atomic mass is 32.2. The molecule has 3 rings (SSSR count). The lowest BCUT2D eigenvalue weighted by Crippen LogP contribution is -2.14. The third kappa shape index (κ3) is 5.10. The standard InChI is InChI=1S/C22H23N3O2S/c1-4-16-11-17-9-8-14(2)10-20(17)25-22(16)28-13-21(27)24-19-7-5-6-18(12-19)23-15(3)26/h5-12H,4,13H2,1-3H3,(H,23,26)(H,24,27). The van der Waals surface area contributed by atoms with Crippen LogP contribution in [0.3, 0.4) is 0 Å². The first-order chi connectivity index (χ1) is 13.4. The van der Waals surface area contributed by atoms with Crippen LogP contribution in [0.15, 0.2) is 53.6 Å². The average Bonchev–Trinajstić information content (AvgIpc) is 2.65. The minimum absolute atomic E-state index is 0.113. The van der Waals surface area contributed by atoms with E-state index in [1.165, 1.54) is 18.7 Å². The number of carbonyl (C=O) groups excluding carboxylic acids is 2. The van der Waals surface area contributed by atoms with Gasteiger partial charge in [0.25, 0.3) is 0 Å². The fraction of sp³-hybridized carbons (Fsp3) is 0.227. The van der Waals surface area contributed by atoms with Crippen LogP contribution < -0.4 is 10.6 Å². The summed E-state index contributed by atoms with van der Waals surface area (Å²) in [4.78, 5) is 28.3. The molecule has 0 radical (unpaired) electrons. The predicted octanol–water partition coefficient (Wildman–Crippen LogP) is 4.79. The van der Waals surface area contributed by atoms with E-state index in [1.54, 1.807) is 24.3 Å². The Hall–Kier alpha value is -2.86. The molecule has 0 bridgehead atoms. The second-order valence-electron chi connectivity index (χ2n) is 6.60. The Morgan fingerprint density at radius 1 is 1.04 bits per heavy atom. The Balaban J connectivity index is 1.69. The number of hydrogen-bond donors (Lipinski definition) is 2. The van der Waals surface area contributed by atoms with Gasteiger partial charge in [0.1, 0.15) is 5.03 Å². The van der Waals surface area contributed by atoms with Crippen LogP contribution in [0.4, 0.5) is 11.4 Å². The summed E-state index contributed by atoms with van der Waals surface area (Å²) in [6, 6.07) is 15.5. The molecule has 6 heteroatoms. The lowest BCUT2D eigenvalue weighted by atomic mass is 10.1. The number of rotatable bonds is 6. The molecular formula is C22H23N3O2S. The third-order valence-electron chi connectivity index (χ3n) is 4.20. The second-order valence-corrected chi connectivity index (χ2v) is 7.57. The van der Waals surface area contributed by atoms with Gasteiger partial charge >= 0.3 is 0 Å². The molecule has 2 aromatic carbocycles. The molecule has 1 aromatic heterocycles. The van der Waals surface area contributed by atoms with Gasteiger partial charge in [0.05, 0.1) is 11.3 Å². The summed E-state index contributed by atoms with van der Waals surface area (Å²) in [5.74, 6) is 0.00344. The summed E-state index contributed by atoms with van der Waals surface area (Å²) < 4.78 is 0. The van der Waals surface area contributed by atoms with Crippen molar-refractivity contribution >= 4 is 45.9 Å². The molecule has 0 atom stereocenters. The molecular weight excluding hydrogens is 370 g/mol. The largest absolute Gasteiger partial charge is 0.326 e. The van der Waals surface area contributed by atoms with E-state index in [-0.39, 0.29) is 17.6 Å². The highest BCUT2D eigenvalue weighted by Crippen LogP contribution is 2.26. The number of nitrogens with zero attached hydrogens (tertiary/aromatic N) is 1. The number of aryl methyl sites for hydroxylation is 2. The first kappa shape index (κ1) is 19.9. The monoisotopic (exact) mass is 393 g/mol. The van der Waals surface area contributed by atoms with E-state index in [1.807, 2.05) is 6.92 Å². The van der Waals surface area contributed by atoms with Crippen molar-refractivity contribution in [3.05, 3.63) is 59.7 Å². The van der Waals surface area contributed by atoms with Crippen LogP contribution >= 0.6 is 11.8 Å². The van der Waals surface area contributed by atoms with Gasteiger partial charge < -0.3 is 10.6 Å². The summed E-state index contributed by atoms with van der Waals surface area (Å²) in [5, 5.41) is 7.59. The fourth-order valence-corrected chi connectivity index (χ4v) is 3.78. The van der Waals surface area contributed by atoms with Crippen molar-refractivity contribution in [1.82, 2.24) is 4.98 Å². The van der Waals surface area contributed by atoms with Gasteiger partial charge in [-0.3, -0.25) is 9.59 Å². The van der Waals surface area contributed by atoms with Crippen LogP contribution in [0.25, 0.3) is 10.9 Å². The molecule has 0 fully saturated rings. The highest BCUT2D eigenvalue weighted by Gasteiger charge is 2.10. The first-order valence-corrected chi connectivity index (χ1v) is 10.1. The van der Waals surface area contributed by atoms with Gasteiger partial charge in [-0.15, -0.1) is 0 Å². The molecule has 5 nitrogen and oxygen atoms in total. The number of anilines is 2. The molecule has 0 saturated carbocycles. The van der Waals surface area contributed by atoms with Crippen molar-refractivity contribution in [3.8, 4) is 0 Å². The van der Waals surface area contributed by atoms with Gasteiger partial charge in [-0.25, -0.2) is 4.98 Å². The smallest absolute Gasteiger partial charge is 0.234 e. The number of thioether (sulfide) groups is 1. The van der Waals surface area contributed by atoms with E-state index >= 15 is 0 Å². The van der Waals surface area contributed by atoms with E-state index in [0.717, 1.165) is 33.5 Å². The zero-order chi connectivity index (χ0) is 20.1. The van der Waals surface area contributed by atoms with E-state index in [2.05, 4.69) is 41.8 Å². The normalized spacial score (nSPS) is 10.7. The van der Waals surface area contributed by atoms with Gasteiger partial charge in [-0.05, 0) is 54.8 Å². The van der Waals surface area contributed by atoms with Crippen LogP contribution in [0.5, 0.6) is 0 Å². The van der Waals surface area contributed by atoms with E-state index < -0.39 is 0 Å². The molecule has 0 aliphatic rings. The molecule has 0 saturated heterocycles. The maximum atomic E-state index is 12.4. The summed E-state index contributed by atoms with van der Waals surface area (Å²) in [6.07, 6.45) is 0.861. The lowest BCUT2D eigenvalue weighted by molar-refractivity contribution is -0.114. The molecule has 1 heterocycles. The summed E-state index contributed by atoms with van der Waals surface area (Å²) in [6.45, 7) is 5.59. The van der Waals surface area contributed by atoms with Crippen molar-refractivity contribution in [2.75, 3.05) is 16.4 Å². The number of amides is 2. The first-order valence-electron chi connectivity index (χ1n) is 9.15. The number of nitrogens with one attached hydrogen (secondary N) is 2. The maximum absolute atomic E-state index is 12.4. The number of benzene rings is 2. The Labute approximate surface area is 168 Å². The van der Waals surface area contributed by atoms with Crippen LogP contribution in [0, 0.1) is 6.92 Å². The molecule has 0 aliphatic heterocycles. The Kier molecular flexibility index (Phi) is 6.31. The molecule has 2 N–H and O–H groups in total. The van der Waals surface area contributed by atoms with E-state index in [9.17, 15) is 9.59 Å². The number of pyridine rings is 1. The van der Waals surface area contributed by atoms with Gasteiger partial charge in [0.15, 0.2) is 0 Å². The predicted molar refractivity (Wildman–Crippen MR) is 116 cm³/mol. The molecule has 0 spiro atoms. The van der Waals surface area contributed by atoms with Gasteiger partial charge in [0.2, 0.25) is 11.8 Å². The Morgan fingerprint density at radius 2 is 1.79 bits per heavy atom.